The van der Waals surface area contributed by atoms with Crippen LogP contribution in [0.3, 0.4) is 0 Å². The number of aromatic nitrogens is 3. The number of carbonyl (C=O) groups is 1. The first-order valence-corrected chi connectivity index (χ1v) is 9.75. The molecule has 5 rings (SSSR count). The molecule has 0 saturated carbocycles. The molecule has 26 heavy (non-hydrogen) atoms. The molecule has 6 nitrogen and oxygen atoms in total. The van der Waals surface area contributed by atoms with Gasteiger partial charge in [0.2, 0.25) is 0 Å². The second-order valence-electron chi connectivity index (χ2n) is 6.82. The molecule has 1 aromatic carbocycles. The van der Waals surface area contributed by atoms with Crippen LogP contribution < -0.4 is 5.32 Å². The fraction of sp³-hybridized carbons (Fsp3) is 0.316. The summed E-state index contributed by atoms with van der Waals surface area (Å²) < 4.78 is 1.83. The number of benzene rings is 1. The minimum atomic E-state index is 0.0548. The van der Waals surface area contributed by atoms with E-state index in [4.69, 9.17) is 0 Å². The second-order valence-corrected chi connectivity index (χ2v) is 7.68. The molecule has 132 valence electrons. The standard InChI is InChI=1S/C19H19N5OS/c25-19(23-7-6-13-8-20-10-17(13)23)16-12-26-18(22-16)14-9-21-24(11-14)15-4-2-1-3-5-15/h1-5,9,11-13,17,20H,6-8,10H2. The first kappa shape index (κ1) is 15.7. The molecule has 2 aliphatic heterocycles. The second kappa shape index (κ2) is 6.34. The zero-order chi connectivity index (χ0) is 17.5. The van der Waals surface area contributed by atoms with Crippen LogP contribution in [-0.4, -0.2) is 51.2 Å². The SMILES string of the molecule is O=C(c1csc(-c2cnn(-c3ccccc3)c2)n1)N1CCC2CNCC21. The summed E-state index contributed by atoms with van der Waals surface area (Å²) in [6.07, 6.45) is 4.84. The topological polar surface area (TPSA) is 63.1 Å². The molecule has 1 amide bonds. The lowest BCUT2D eigenvalue weighted by Crippen LogP contribution is -2.39. The number of thiazole rings is 1. The summed E-state index contributed by atoms with van der Waals surface area (Å²) >= 11 is 1.50. The fourth-order valence-corrected chi connectivity index (χ4v) is 4.68. The predicted octanol–water partition coefficient (Wildman–Crippen LogP) is 2.43. The number of hydrogen-bond acceptors (Lipinski definition) is 5. The van der Waals surface area contributed by atoms with E-state index in [1.54, 1.807) is 6.20 Å². The molecule has 4 heterocycles. The summed E-state index contributed by atoms with van der Waals surface area (Å²) in [6.45, 7) is 2.77. The van der Waals surface area contributed by atoms with Crippen LogP contribution in [-0.2, 0) is 0 Å². The maximum absolute atomic E-state index is 12.9. The minimum absolute atomic E-state index is 0.0548. The van der Waals surface area contributed by atoms with Gasteiger partial charge >= 0.3 is 0 Å². The Morgan fingerprint density at radius 2 is 2.12 bits per heavy atom. The fourth-order valence-electron chi connectivity index (χ4n) is 3.91. The zero-order valence-electron chi connectivity index (χ0n) is 14.2. The van der Waals surface area contributed by atoms with Crippen LogP contribution in [0.15, 0.2) is 48.1 Å². The maximum atomic E-state index is 12.9. The van der Waals surface area contributed by atoms with Crippen molar-refractivity contribution in [2.45, 2.75) is 12.5 Å². The molecule has 2 unspecified atom stereocenters. The third-order valence-corrected chi connectivity index (χ3v) is 6.17. The van der Waals surface area contributed by atoms with Gasteiger partial charge in [-0.1, -0.05) is 18.2 Å². The average molecular weight is 365 g/mol. The van der Waals surface area contributed by atoms with E-state index in [9.17, 15) is 4.79 Å². The number of nitrogens with one attached hydrogen (secondary N) is 1. The molecule has 0 spiro atoms. The van der Waals surface area contributed by atoms with E-state index in [0.29, 0.717) is 17.7 Å². The molecule has 1 N–H and O–H groups in total. The van der Waals surface area contributed by atoms with E-state index in [1.807, 2.05) is 51.5 Å². The Hall–Kier alpha value is -2.51. The molecule has 0 radical (unpaired) electrons. The molecule has 0 bridgehead atoms. The normalized spacial score (nSPS) is 21.9. The molecular weight excluding hydrogens is 346 g/mol. The number of nitrogens with zero attached hydrogens (tertiary/aromatic N) is 4. The van der Waals surface area contributed by atoms with Crippen molar-refractivity contribution in [3.05, 3.63) is 53.8 Å². The Kier molecular flexibility index (Phi) is 3.83. The van der Waals surface area contributed by atoms with Crippen LogP contribution >= 0.6 is 11.3 Å². The summed E-state index contributed by atoms with van der Waals surface area (Å²) in [4.78, 5) is 19.5. The first-order chi connectivity index (χ1) is 12.8. The van der Waals surface area contributed by atoms with Gasteiger partial charge in [0.05, 0.1) is 11.9 Å². The van der Waals surface area contributed by atoms with Crippen molar-refractivity contribution in [2.24, 2.45) is 5.92 Å². The molecule has 2 atom stereocenters. The molecule has 2 fully saturated rings. The number of carbonyl (C=O) groups excluding carboxylic acids is 1. The van der Waals surface area contributed by atoms with Gasteiger partial charge in [-0.05, 0) is 24.5 Å². The van der Waals surface area contributed by atoms with Gasteiger partial charge < -0.3 is 10.2 Å². The Labute approximate surface area is 155 Å². The summed E-state index contributed by atoms with van der Waals surface area (Å²) in [5, 5.41) is 10.5. The van der Waals surface area contributed by atoms with Crippen LogP contribution in [0.5, 0.6) is 0 Å². The van der Waals surface area contributed by atoms with Gasteiger partial charge in [0, 0.05) is 42.8 Å². The van der Waals surface area contributed by atoms with Crippen molar-refractivity contribution in [3.8, 4) is 16.3 Å². The zero-order valence-corrected chi connectivity index (χ0v) is 15.0. The monoisotopic (exact) mass is 365 g/mol. The Balaban J connectivity index is 1.37. The lowest BCUT2D eigenvalue weighted by atomic mass is 10.1. The average Bonchev–Trinajstić information content (AvgIpc) is 3.45. The van der Waals surface area contributed by atoms with E-state index in [0.717, 1.165) is 42.3 Å². The van der Waals surface area contributed by atoms with Gasteiger partial charge in [-0.3, -0.25) is 4.79 Å². The third kappa shape index (κ3) is 2.64. The van der Waals surface area contributed by atoms with Gasteiger partial charge in [-0.25, -0.2) is 9.67 Å². The van der Waals surface area contributed by atoms with Gasteiger partial charge in [0.15, 0.2) is 0 Å². The Bertz CT molecular complexity index is 934. The largest absolute Gasteiger partial charge is 0.333 e. The number of likely N-dealkylation sites (tertiary alicyclic amines) is 1. The highest BCUT2D eigenvalue weighted by Gasteiger charge is 2.40. The predicted molar refractivity (Wildman–Crippen MR) is 100 cm³/mol. The highest BCUT2D eigenvalue weighted by Crippen LogP contribution is 2.30. The number of hydrogen-bond donors (Lipinski definition) is 1. The smallest absolute Gasteiger partial charge is 0.273 e. The number of amides is 1. The molecule has 2 aliphatic rings. The molecule has 0 aliphatic carbocycles. The van der Waals surface area contributed by atoms with E-state index in [1.165, 1.54) is 11.3 Å². The molecule has 7 heteroatoms. The Morgan fingerprint density at radius 1 is 1.23 bits per heavy atom. The van der Waals surface area contributed by atoms with E-state index < -0.39 is 0 Å². The van der Waals surface area contributed by atoms with Crippen LogP contribution in [0.1, 0.15) is 16.9 Å². The third-order valence-electron chi connectivity index (χ3n) is 5.28. The Morgan fingerprint density at radius 3 is 3.00 bits per heavy atom. The van der Waals surface area contributed by atoms with Crippen molar-refractivity contribution in [1.29, 1.82) is 0 Å². The number of para-hydroxylation sites is 1. The molecule has 2 aromatic heterocycles. The first-order valence-electron chi connectivity index (χ1n) is 8.87. The lowest BCUT2D eigenvalue weighted by molar-refractivity contribution is 0.0732. The van der Waals surface area contributed by atoms with E-state index in [-0.39, 0.29) is 5.91 Å². The van der Waals surface area contributed by atoms with Gasteiger partial charge in [-0.15, -0.1) is 11.3 Å². The van der Waals surface area contributed by atoms with Crippen molar-refractivity contribution in [3.63, 3.8) is 0 Å². The summed E-state index contributed by atoms with van der Waals surface area (Å²) in [6, 6.07) is 10.3. The highest BCUT2D eigenvalue weighted by molar-refractivity contribution is 7.13. The van der Waals surface area contributed by atoms with E-state index >= 15 is 0 Å². The van der Waals surface area contributed by atoms with Crippen molar-refractivity contribution >= 4 is 17.2 Å². The number of rotatable bonds is 3. The van der Waals surface area contributed by atoms with Gasteiger partial charge in [-0.2, -0.15) is 5.10 Å². The van der Waals surface area contributed by atoms with Crippen LogP contribution in [0, 0.1) is 5.92 Å². The summed E-state index contributed by atoms with van der Waals surface area (Å²) in [5.74, 6) is 0.653. The number of fused-ring (bicyclic) bond motifs is 1. The van der Waals surface area contributed by atoms with Crippen molar-refractivity contribution in [1.82, 2.24) is 25.0 Å². The maximum Gasteiger partial charge on any atom is 0.273 e. The highest BCUT2D eigenvalue weighted by atomic mass is 32.1. The van der Waals surface area contributed by atoms with Crippen molar-refractivity contribution < 1.29 is 4.79 Å². The van der Waals surface area contributed by atoms with Crippen LogP contribution in [0.25, 0.3) is 16.3 Å². The van der Waals surface area contributed by atoms with E-state index in [2.05, 4.69) is 15.4 Å². The molecular formula is C19H19N5OS. The van der Waals surface area contributed by atoms with Crippen LogP contribution in [0.4, 0.5) is 0 Å². The lowest BCUT2D eigenvalue weighted by Gasteiger charge is -2.22. The van der Waals surface area contributed by atoms with Gasteiger partial charge in [0.1, 0.15) is 10.7 Å². The quantitative estimate of drug-likeness (QED) is 0.774. The van der Waals surface area contributed by atoms with Gasteiger partial charge in [0.25, 0.3) is 5.91 Å². The molecule has 3 aromatic rings. The summed E-state index contributed by atoms with van der Waals surface area (Å²) in [5.41, 5.74) is 2.48. The molecule has 2 saturated heterocycles. The van der Waals surface area contributed by atoms with Crippen LogP contribution in [0.2, 0.25) is 0 Å². The summed E-state index contributed by atoms with van der Waals surface area (Å²) in [7, 11) is 0. The minimum Gasteiger partial charge on any atom is -0.333 e. The van der Waals surface area contributed by atoms with Crippen molar-refractivity contribution in [2.75, 3.05) is 19.6 Å².